The third-order valence-corrected chi connectivity index (χ3v) is 4.51. The molecule has 1 aromatic heterocycles. The van der Waals surface area contributed by atoms with E-state index in [1.165, 1.54) is 0 Å². The summed E-state index contributed by atoms with van der Waals surface area (Å²) in [6.45, 7) is 5.45. The first kappa shape index (κ1) is 14.8. The average molecular weight is 318 g/mol. The monoisotopic (exact) mass is 318 g/mol. The van der Waals surface area contributed by atoms with Crippen LogP contribution in [0.2, 0.25) is 0 Å². The van der Waals surface area contributed by atoms with Crippen LogP contribution < -0.4 is 14.8 Å². The van der Waals surface area contributed by atoms with E-state index in [9.17, 15) is 4.79 Å². The van der Waals surface area contributed by atoms with Crippen LogP contribution in [0.1, 0.15) is 33.5 Å². The topological polar surface area (TPSA) is 60.5 Å². The Kier molecular flexibility index (Phi) is 4.29. The van der Waals surface area contributed by atoms with Crippen molar-refractivity contribution in [1.29, 1.82) is 0 Å². The molecule has 0 unspecified atom stereocenters. The van der Waals surface area contributed by atoms with Gasteiger partial charge in [-0.15, -0.1) is 11.3 Å². The summed E-state index contributed by atoms with van der Waals surface area (Å²) in [4.78, 5) is 16.8. The summed E-state index contributed by atoms with van der Waals surface area (Å²) in [6.07, 6.45) is 0.917. The van der Waals surface area contributed by atoms with Crippen molar-refractivity contribution in [3.05, 3.63) is 39.3 Å². The largest absolute Gasteiger partial charge is 0.486 e. The quantitative estimate of drug-likeness (QED) is 0.941. The molecule has 0 saturated heterocycles. The molecule has 1 aromatic carbocycles. The zero-order chi connectivity index (χ0) is 15.5. The van der Waals surface area contributed by atoms with Crippen molar-refractivity contribution in [3.8, 4) is 11.5 Å². The van der Waals surface area contributed by atoms with E-state index in [0.717, 1.165) is 22.7 Å². The lowest BCUT2D eigenvalue weighted by Crippen LogP contribution is -2.24. The molecule has 1 N–H and O–H groups in total. The maximum atomic E-state index is 12.4. The molecule has 0 bridgehead atoms. The number of nitrogens with one attached hydrogen (secondary N) is 1. The Labute approximate surface area is 133 Å². The normalized spacial score (nSPS) is 13.0. The van der Waals surface area contributed by atoms with Crippen LogP contribution in [0.5, 0.6) is 11.5 Å². The molecule has 0 aliphatic carbocycles. The van der Waals surface area contributed by atoms with Gasteiger partial charge >= 0.3 is 0 Å². The van der Waals surface area contributed by atoms with Crippen LogP contribution >= 0.6 is 11.3 Å². The minimum atomic E-state index is -0.125. The molecule has 22 heavy (non-hydrogen) atoms. The Morgan fingerprint density at radius 1 is 1.32 bits per heavy atom. The summed E-state index contributed by atoms with van der Waals surface area (Å²) in [5.74, 6) is 1.21. The van der Waals surface area contributed by atoms with Crippen LogP contribution in [0, 0.1) is 6.92 Å². The van der Waals surface area contributed by atoms with Crippen molar-refractivity contribution >= 4 is 17.2 Å². The summed E-state index contributed by atoms with van der Waals surface area (Å²) in [5, 5.41) is 5.97. The van der Waals surface area contributed by atoms with Crippen molar-refractivity contribution in [2.45, 2.75) is 26.8 Å². The molecular weight excluding hydrogens is 300 g/mol. The van der Waals surface area contributed by atoms with Gasteiger partial charge in [0, 0.05) is 10.9 Å². The van der Waals surface area contributed by atoms with Gasteiger partial charge in [-0.1, -0.05) is 6.92 Å². The number of fused-ring (bicyclic) bond motifs is 1. The zero-order valence-electron chi connectivity index (χ0n) is 12.6. The molecule has 5 nitrogen and oxygen atoms in total. The third-order valence-electron chi connectivity index (χ3n) is 3.47. The number of rotatable bonds is 4. The second-order valence-corrected chi connectivity index (χ2v) is 6.02. The van der Waals surface area contributed by atoms with E-state index in [0.29, 0.717) is 36.8 Å². The first-order valence-corrected chi connectivity index (χ1v) is 8.17. The minimum Gasteiger partial charge on any atom is -0.486 e. The molecular formula is C16H18N2O3S. The number of thiazole rings is 1. The van der Waals surface area contributed by atoms with Crippen LogP contribution in [0.25, 0.3) is 0 Å². The fourth-order valence-electron chi connectivity index (χ4n) is 2.29. The summed E-state index contributed by atoms with van der Waals surface area (Å²) < 4.78 is 11.1. The molecule has 0 spiro atoms. The Hall–Kier alpha value is -2.08. The molecule has 0 saturated carbocycles. The van der Waals surface area contributed by atoms with Crippen LogP contribution in [0.15, 0.2) is 17.5 Å². The average Bonchev–Trinajstić information content (AvgIpc) is 3.00. The number of carbonyl (C=O) groups excluding carboxylic acids is 1. The van der Waals surface area contributed by atoms with Crippen molar-refractivity contribution in [1.82, 2.24) is 10.3 Å². The van der Waals surface area contributed by atoms with Crippen LogP contribution in [0.3, 0.4) is 0 Å². The fourth-order valence-corrected chi connectivity index (χ4v) is 3.04. The molecule has 2 aromatic rings. The summed E-state index contributed by atoms with van der Waals surface area (Å²) in [6, 6.07) is 3.60. The minimum absolute atomic E-state index is 0.125. The van der Waals surface area contributed by atoms with Gasteiger partial charge in [0.2, 0.25) is 0 Å². The highest BCUT2D eigenvalue weighted by Gasteiger charge is 2.18. The van der Waals surface area contributed by atoms with Crippen LogP contribution in [-0.2, 0) is 13.0 Å². The Balaban J connectivity index is 1.71. The van der Waals surface area contributed by atoms with Gasteiger partial charge in [-0.2, -0.15) is 0 Å². The van der Waals surface area contributed by atoms with Gasteiger partial charge in [0.05, 0.1) is 17.2 Å². The molecule has 0 radical (unpaired) electrons. The van der Waals surface area contributed by atoms with Crippen molar-refractivity contribution in [2.24, 2.45) is 0 Å². The first-order chi connectivity index (χ1) is 10.7. The molecule has 6 heteroatoms. The van der Waals surface area contributed by atoms with E-state index in [2.05, 4.69) is 17.2 Å². The molecule has 3 rings (SSSR count). The second-order valence-electron chi connectivity index (χ2n) is 5.08. The van der Waals surface area contributed by atoms with Crippen LogP contribution in [0.4, 0.5) is 0 Å². The van der Waals surface area contributed by atoms with E-state index in [4.69, 9.17) is 9.47 Å². The SMILES string of the molecule is CCc1nc(CNC(=O)c2cc3c(cc2C)OCCO3)cs1. The predicted molar refractivity (Wildman–Crippen MR) is 84.8 cm³/mol. The molecule has 2 heterocycles. The number of aromatic nitrogens is 1. The number of nitrogens with zero attached hydrogens (tertiary/aromatic N) is 1. The van der Waals surface area contributed by atoms with Gasteiger partial charge in [0.25, 0.3) is 5.91 Å². The summed E-state index contributed by atoms with van der Waals surface area (Å²) in [7, 11) is 0. The van der Waals surface area contributed by atoms with Gasteiger partial charge in [-0.25, -0.2) is 4.98 Å². The number of carbonyl (C=O) groups is 1. The molecule has 1 amide bonds. The molecule has 0 fully saturated rings. The highest BCUT2D eigenvalue weighted by atomic mass is 32.1. The summed E-state index contributed by atoms with van der Waals surface area (Å²) >= 11 is 1.62. The van der Waals surface area contributed by atoms with Crippen molar-refractivity contribution < 1.29 is 14.3 Å². The van der Waals surface area contributed by atoms with Gasteiger partial charge in [0.1, 0.15) is 13.2 Å². The highest BCUT2D eigenvalue weighted by Crippen LogP contribution is 2.32. The Morgan fingerprint density at radius 3 is 2.73 bits per heavy atom. The number of ether oxygens (including phenoxy) is 2. The zero-order valence-corrected chi connectivity index (χ0v) is 13.5. The van der Waals surface area contributed by atoms with Gasteiger partial charge in [0.15, 0.2) is 11.5 Å². The summed E-state index contributed by atoms with van der Waals surface area (Å²) in [5.41, 5.74) is 2.37. The van der Waals surface area contributed by atoms with Crippen LogP contribution in [-0.4, -0.2) is 24.1 Å². The lowest BCUT2D eigenvalue weighted by Gasteiger charge is -2.20. The highest BCUT2D eigenvalue weighted by molar-refractivity contribution is 7.09. The van der Waals surface area contributed by atoms with Crippen molar-refractivity contribution in [2.75, 3.05) is 13.2 Å². The maximum Gasteiger partial charge on any atom is 0.252 e. The third kappa shape index (κ3) is 3.06. The predicted octanol–water partition coefficient (Wildman–Crippen LogP) is 2.72. The van der Waals surface area contributed by atoms with Gasteiger partial charge in [-0.3, -0.25) is 4.79 Å². The first-order valence-electron chi connectivity index (χ1n) is 7.29. The number of amides is 1. The number of aryl methyl sites for hydroxylation is 2. The van der Waals surface area contributed by atoms with E-state index in [1.807, 2.05) is 18.4 Å². The van der Waals surface area contributed by atoms with E-state index < -0.39 is 0 Å². The van der Waals surface area contributed by atoms with Crippen molar-refractivity contribution in [3.63, 3.8) is 0 Å². The lowest BCUT2D eigenvalue weighted by atomic mass is 10.1. The lowest BCUT2D eigenvalue weighted by molar-refractivity contribution is 0.0948. The smallest absolute Gasteiger partial charge is 0.252 e. The van der Waals surface area contributed by atoms with E-state index in [-0.39, 0.29) is 5.91 Å². The Bertz CT molecular complexity index is 697. The fraction of sp³-hybridized carbons (Fsp3) is 0.375. The van der Waals surface area contributed by atoms with E-state index in [1.54, 1.807) is 17.4 Å². The van der Waals surface area contributed by atoms with Gasteiger partial charge < -0.3 is 14.8 Å². The van der Waals surface area contributed by atoms with Gasteiger partial charge in [-0.05, 0) is 31.0 Å². The number of hydrogen-bond donors (Lipinski definition) is 1. The van der Waals surface area contributed by atoms with E-state index >= 15 is 0 Å². The molecule has 0 atom stereocenters. The Morgan fingerprint density at radius 2 is 2.05 bits per heavy atom. The standard InChI is InChI=1S/C16H18N2O3S/c1-3-15-18-11(9-22-15)8-17-16(19)12-7-14-13(6-10(12)2)20-4-5-21-14/h6-7,9H,3-5,8H2,1-2H3,(H,17,19). The number of benzene rings is 1. The molecule has 1 aliphatic heterocycles. The maximum absolute atomic E-state index is 12.4. The number of hydrogen-bond acceptors (Lipinski definition) is 5. The molecule has 116 valence electrons. The second kappa shape index (κ2) is 6.36. The molecule has 1 aliphatic rings.